The molecular weight excluding hydrogens is 269 g/mol. The van der Waals surface area contributed by atoms with Gasteiger partial charge in [-0.2, -0.15) is 0 Å². The molecule has 3 nitrogen and oxygen atoms in total. The van der Waals surface area contributed by atoms with Crippen molar-refractivity contribution in [1.29, 1.82) is 0 Å². The van der Waals surface area contributed by atoms with Crippen LogP contribution >= 0.6 is 22.6 Å². The van der Waals surface area contributed by atoms with E-state index in [9.17, 15) is 9.59 Å². The number of hydrogen-bond acceptors (Lipinski definition) is 3. The highest BCUT2D eigenvalue weighted by molar-refractivity contribution is 14.1. The van der Waals surface area contributed by atoms with Crippen molar-refractivity contribution in [2.75, 3.05) is 0 Å². The maximum Gasteiger partial charge on any atom is 0.223 e. The standard InChI is InChI=1S/C8H6INO2/c1-5(11)6-2-7(8(9)12)4-10-3-6/h2-4H,1H3. The van der Waals surface area contributed by atoms with E-state index >= 15 is 0 Å². The SMILES string of the molecule is CC(=O)c1cncc(C(=O)I)c1. The van der Waals surface area contributed by atoms with Gasteiger partial charge in [0.25, 0.3) is 0 Å². The molecule has 0 N–H and O–H groups in total. The Hall–Kier alpha value is -0.780. The van der Waals surface area contributed by atoms with Crippen LogP contribution in [0, 0.1) is 0 Å². The molecule has 1 rings (SSSR count). The Labute approximate surface area is 83.3 Å². The molecule has 0 spiro atoms. The highest BCUT2D eigenvalue weighted by Crippen LogP contribution is 2.07. The van der Waals surface area contributed by atoms with E-state index in [1.807, 2.05) is 0 Å². The van der Waals surface area contributed by atoms with Crippen LogP contribution in [0.2, 0.25) is 0 Å². The average molecular weight is 275 g/mol. The van der Waals surface area contributed by atoms with Crippen LogP contribution < -0.4 is 0 Å². The molecule has 4 heteroatoms. The van der Waals surface area contributed by atoms with E-state index in [0.29, 0.717) is 11.1 Å². The largest absolute Gasteiger partial charge is 0.294 e. The van der Waals surface area contributed by atoms with Crippen molar-refractivity contribution >= 4 is 32.2 Å². The zero-order valence-electron chi connectivity index (χ0n) is 6.37. The van der Waals surface area contributed by atoms with Crippen LogP contribution in [0.1, 0.15) is 27.6 Å². The van der Waals surface area contributed by atoms with Gasteiger partial charge in [-0.1, -0.05) is 0 Å². The van der Waals surface area contributed by atoms with Crippen molar-refractivity contribution in [2.45, 2.75) is 6.92 Å². The molecule has 0 fully saturated rings. The lowest BCUT2D eigenvalue weighted by molar-refractivity contribution is 0.101. The van der Waals surface area contributed by atoms with E-state index in [1.54, 1.807) is 28.7 Å². The van der Waals surface area contributed by atoms with E-state index in [4.69, 9.17) is 0 Å². The molecule has 0 radical (unpaired) electrons. The first-order valence-corrected chi connectivity index (χ1v) is 4.35. The Bertz CT molecular complexity index is 306. The van der Waals surface area contributed by atoms with Gasteiger partial charge in [-0.3, -0.25) is 14.6 Å². The average Bonchev–Trinajstić information content (AvgIpc) is 2.04. The van der Waals surface area contributed by atoms with Crippen LogP contribution in [0.25, 0.3) is 0 Å². The molecule has 0 aliphatic heterocycles. The normalized spacial score (nSPS) is 9.50. The lowest BCUT2D eigenvalue weighted by Crippen LogP contribution is -1.97. The number of Topliss-reactive ketones (excluding diaryl/α,β-unsaturated/α-hetero) is 1. The summed E-state index contributed by atoms with van der Waals surface area (Å²) in [5, 5.41) is 0. The third kappa shape index (κ3) is 2.10. The summed E-state index contributed by atoms with van der Waals surface area (Å²) >= 11 is 1.66. The molecule has 1 heterocycles. The molecule has 0 saturated heterocycles. The van der Waals surface area contributed by atoms with Crippen molar-refractivity contribution in [3.63, 3.8) is 0 Å². The van der Waals surface area contributed by atoms with Crippen LogP contribution in [0.3, 0.4) is 0 Å². The van der Waals surface area contributed by atoms with Gasteiger partial charge in [0.2, 0.25) is 3.79 Å². The highest BCUT2D eigenvalue weighted by Gasteiger charge is 2.04. The Morgan fingerprint density at radius 2 is 1.92 bits per heavy atom. The molecule has 0 atom stereocenters. The lowest BCUT2D eigenvalue weighted by atomic mass is 10.2. The fourth-order valence-electron chi connectivity index (χ4n) is 0.740. The summed E-state index contributed by atoms with van der Waals surface area (Å²) in [5.74, 6) is -0.0815. The van der Waals surface area contributed by atoms with E-state index < -0.39 is 0 Å². The van der Waals surface area contributed by atoms with Gasteiger partial charge in [0, 0.05) is 46.1 Å². The summed E-state index contributed by atoms with van der Waals surface area (Å²) in [4.78, 5) is 25.5. The van der Waals surface area contributed by atoms with Gasteiger partial charge < -0.3 is 0 Å². The van der Waals surface area contributed by atoms with Crippen LogP contribution in [0.15, 0.2) is 18.5 Å². The third-order valence-electron chi connectivity index (χ3n) is 1.37. The summed E-state index contributed by atoms with van der Waals surface area (Å²) in [5.41, 5.74) is 0.931. The Balaban J connectivity index is 3.12. The van der Waals surface area contributed by atoms with E-state index in [2.05, 4.69) is 4.98 Å². The maximum absolute atomic E-state index is 10.9. The number of pyridine rings is 1. The van der Waals surface area contributed by atoms with Gasteiger partial charge in [-0.25, -0.2) is 0 Å². The highest BCUT2D eigenvalue weighted by atomic mass is 127. The van der Waals surface area contributed by atoms with Gasteiger partial charge in [-0.15, -0.1) is 0 Å². The molecule has 1 aromatic rings. The Morgan fingerprint density at radius 1 is 1.33 bits per heavy atom. The second-order valence-electron chi connectivity index (χ2n) is 2.29. The monoisotopic (exact) mass is 275 g/mol. The first-order chi connectivity index (χ1) is 5.61. The summed E-state index contributed by atoms with van der Waals surface area (Å²) in [7, 11) is 0. The molecule has 12 heavy (non-hydrogen) atoms. The van der Waals surface area contributed by atoms with Gasteiger partial charge in [0.05, 0.1) is 0 Å². The quantitative estimate of drug-likeness (QED) is 0.470. The number of hydrogen-bond donors (Lipinski definition) is 0. The third-order valence-corrected chi connectivity index (χ3v) is 1.99. The van der Waals surface area contributed by atoms with E-state index in [0.717, 1.165) is 0 Å². The number of nitrogens with zero attached hydrogens (tertiary/aromatic N) is 1. The van der Waals surface area contributed by atoms with Crippen LogP contribution in [-0.4, -0.2) is 14.6 Å². The summed E-state index contributed by atoms with van der Waals surface area (Å²) in [6.07, 6.45) is 2.90. The molecule has 1 aromatic heterocycles. The first-order valence-electron chi connectivity index (χ1n) is 3.27. The second kappa shape index (κ2) is 3.75. The summed E-state index contributed by atoms with van der Waals surface area (Å²) in [6, 6.07) is 1.55. The molecule has 0 unspecified atom stereocenters. The van der Waals surface area contributed by atoms with Crippen LogP contribution in [0.5, 0.6) is 0 Å². The molecule has 0 aromatic carbocycles. The number of halogens is 1. The zero-order valence-corrected chi connectivity index (χ0v) is 8.53. The molecule has 0 aliphatic rings. The Morgan fingerprint density at radius 3 is 2.42 bits per heavy atom. The number of ketones is 1. The second-order valence-corrected chi connectivity index (χ2v) is 3.27. The van der Waals surface area contributed by atoms with Crippen molar-refractivity contribution in [3.05, 3.63) is 29.6 Å². The zero-order chi connectivity index (χ0) is 9.14. The van der Waals surface area contributed by atoms with E-state index in [-0.39, 0.29) is 9.57 Å². The van der Waals surface area contributed by atoms with Gasteiger partial charge in [0.1, 0.15) is 0 Å². The van der Waals surface area contributed by atoms with Crippen LogP contribution in [0.4, 0.5) is 0 Å². The molecule has 0 aliphatic carbocycles. The fraction of sp³-hybridized carbons (Fsp3) is 0.125. The van der Waals surface area contributed by atoms with Crippen molar-refractivity contribution in [2.24, 2.45) is 0 Å². The van der Waals surface area contributed by atoms with Gasteiger partial charge in [0.15, 0.2) is 5.78 Å². The number of carbonyl (C=O) groups is 2. The van der Waals surface area contributed by atoms with Gasteiger partial charge >= 0.3 is 0 Å². The lowest BCUT2D eigenvalue weighted by Gasteiger charge is -1.95. The smallest absolute Gasteiger partial charge is 0.223 e. The van der Waals surface area contributed by atoms with E-state index in [1.165, 1.54) is 19.3 Å². The Kier molecular flexibility index (Phi) is 2.91. The minimum atomic E-state index is -0.108. The number of rotatable bonds is 2. The summed E-state index contributed by atoms with van der Waals surface area (Å²) in [6.45, 7) is 1.44. The topological polar surface area (TPSA) is 47.0 Å². The van der Waals surface area contributed by atoms with Crippen molar-refractivity contribution < 1.29 is 9.59 Å². The molecule has 0 amide bonds. The van der Waals surface area contributed by atoms with Crippen molar-refractivity contribution in [1.82, 2.24) is 4.98 Å². The molecule has 0 bridgehead atoms. The summed E-state index contributed by atoms with van der Waals surface area (Å²) < 4.78 is -0.108. The van der Waals surface area contributed by atoms with Crippen molar-refractivity contribution in [3.8, 4) is 0 Å². The molecule has 62 valence electrons. The first kappa shape index (κ1) is 9.31. The minimum absolute atomic E-state index is 0.0815. The maximum atomic E-state index is 10.9. The number of carbonyl (C=O) groups excluding carboxylic acids is 2. The van der Waals surface area contributed by atoms with Gasteiger partial charge in [-0.05, 0) is 13.0 Å². The fourth-order valence-corrected chi connectivity index (χ4v) is 1.03. The van der Waals surface area contributed by atoms with Crippen LogP contribution in [-0.2, 0) is 0 Å². The number of aromatic nitrogens is 1. The predicted molar refractivity (Wildman–Crippen MR) is 52.6 cm³/mol. The molecule has 0 saturated carbocycles. The minimum Gasteiger partial charge on any atom is -0.294 e. The predicted octanol–water partition coefficient (Wildman–Crippen LogP) is 1.86. The molecular formula is C8H6INO2.